The quantitative estimate of drug-likeness (QED) is 0.909. The summed E-state index contributed by atoms with van der Waals surface area (Å²) in [5.41, 5.74) is 0. The number of nitrogens with one attached hydrogen (secondary N) is 1. The lowest BCUT2D eigenvalue weighted by Gasteiger charge is -2.26. The van der Waals surface area contributed by atoms with Gasteiger partial charge in [-0.1, -0.05) is 0 Å². The highest BCUT2D eigenvalue weighted by Crippen LogP contribution is 2.30. The van der Waals surface area contributed by atoms with Gasteiger partial charge in [0.25, 0.3) is 0 Å². The average Bonchev–Trinajstić information content (AvgIpc) is 3.04. The molecule has 4 nitrogen and oxygen atoms in total. The van der Waals surface area contributed by atoms with Crippen molar-refractivity contribution < 1.29 is 4.79 Å². The molecular formula is C14H21N3OS. The molecule has 3 rings (SSSR count). The van der Waals surface area contributed by atoms with Crippen molar-refractivity contribution in [2.24, 2.45) is 5.92 Å². The Morgan fingerprint density at radius 3 is 2.95 bits per heavy atom. The van der Waals surface area contributed by atoms with Crippen LogP contribution in [-0.4, -0.2) is 48.9 Å². The molecule has 0 radical (unpaired) electrons. The van der Waals surface area contributed by atoms with Gasteiger partial charge in [-0.25, -0.2) is 0 Å². The fourth-order valence-electron chi connectivity index (χ4n) is 3.06. The van der Waals surface area contributed by atoms with Crippen LogP contribution in [0.5, 0.6) is 0 Å². The molecule has 3 heterocycles. The number of carbonyl (C=O) groups is 1. The normalized spacial score (nSPS) is 28.5. The first-order valence-electron chi connectivity index (χ1n) is 6.91. The minimum atomic E-state index is 0.0945. The van der Waals surface area contributed by atoms with Crippen molar-refractivity contribution in [1.82, 2.24) is 15.1 Å². The third kappa shape index (κ3) is 2.68. The number of aryl methyl sites for hydroxylation is 1. The summed E-state index contributed by atoms with van der Waals surface area (Å²) in [4.78, 5) is 19.0. The van der Waals surface area contributed by atoms with E-state index in [4.69, 9.17) is 0 Å². The van der Waals surface area contributed by atoms with Crippen LogP contribution in [0.15, 0.2) is 12.1 Å². The van der Waals surface area contributed by atoms with E-state index in [0.717, 1.165) is 19.6 Å². The van der Waals surface area contributed by atoms with Gasteiger partial charge in [0.15, 0.2) is 0 Å². The van der Waals surface area contributed by atoms with Crippen LogP contribution in [0, 0.1) is 12.8 Å². The molecule has 1 aromatic rings. The third-order valence-corrected chi connectivity index (χ3v) is 5.11. The topological polar surface area (TPSA) is 35.6 Å². The lowest BCUT2D eigenvalue weighted by molar-refractivity contribution is -0.128. The van der Waals surface area contributed by atoms with E-state index in [1.807, 2.05) is 4.90 Å². The Kier molecular flexibility index (Phi) is 3.60. The zero-order valence-electron chi connectivity index (χ0n) is 11.6. The summed E-state index contributed by atoms with van der Waals surface area (Å²) in [7, 11) is 2.16. The fraction of sp³-hybridized carbons (Fsp3) is 0.643. The van der Waals surface area contributed by atoms with Gasteiger partial charge in [0.2, 0.25) is 5.91 Å². The highest BCUT2D eigenvalue weighted by Gasteiger charge is 2.35. The summed E-state index contributed by atoms with van der Waals surface area (Å²) in [6, 6.07) is 4.27. The SMILES string of the molecule is Cc1ccc(C2NCC(=O)N2CC2CCN(C)C2)s1. The van der Waals surface area contributed by atoms with Crippen LogP contribution in [0.2, 0.25) is 0 Å². The number of hydrogen-bond donors (Lipinski definition) is 1. The number of carbonyl (C=O) groups excluding carboxylic acids is 1. The van der Waals surface area contributed by atoms with E-state index in [1.54, 1.807) is 11.3 Å². The molecule has 0 spiro atoms. The summed E-state index contributed by atoms with van der Waals surface area (Å²) in [6.45, 7) is 5.74. The van der Waals surface area contributed by atoms with Gasteiger partial charge < -0.3 is 9.80 Å². The molecule has 1 amide bonds. The molecule has 5 heteroatoms. The van der Waals surface area contributed by atoms with Crippen LogP contribution in [0.25, 0.3) is 0 Å². The van der Waals surface area contributed by atoms with Crippen LogP contribution < -0.4 is 5.32 Å². The molecular weight excluding hydrogens is 258 g/mol. The molecule has 19 heavy (non-hydrogen) atoms. The van der Waals surface area contributed by atoms with Crippen molar-refractivity contribution in [3.8, 4) is 0 Å². The molecule has 0 saturated carbocycles. The number of likely N-dealkylation sites (tertiary alicyclic amines) is 1. The Morgan fingerprint density at radius 1 is 1.47 bits per heavy atom. The van der Waals surface area contributed by atoms with Crippen LogP contribution >= 0.6 is 11.3 Å². The third-order valence-electron chi connectivity index (χ3n) is 4.05. The molecule has 2 fully saturated rings. The lowest BCUT2D eigenvalue weighted by Crippen LogP contribution is -2.35. The Morgan fingerprint density at radius 2 is 2.32 bits per heavy atom. The second kappa shape index (κ2) is 5.23. The molecule has 0 bridgehead atoms. The zero-order valence-corrected chi connectivity index (χ0v) is 12.4. The predicted molar refractivity (Wildman–Crippen MR) is 77.1 cm³/mol. The first kappa shape index (κ1) is 13.1. The number of nitrogens with zero attached hydrogens (tertiary/aromatic N) is 2. The van der Waals surface area contributed by atoms with Crippen molar-refractivity contribution in [1.29, 1.82) is 0 Å². The largest absolute Gasteiger partial charge is 0.321 e. The smallest absolute Gasteiger partial charge is 0.238 e. The number of thiophene rings is 1. The molecule has 2 aliphatic rings. The van der Waals surface area contributed by atoms with Crippen LogP contribution in [-0.2, 0) is 4.79 Å². The Labute approximate surface area is 118 Å². The maximum Gasteiger partial charge on any atom is 0.238 e. The highest BCUT2D eigenvalue weighted by molar-refractivity contribution is 7.12. The van der Waals surface area contributed by atoms with Gasteiger partial charge in [-0.2, -0.15) is 0 Å². The van der Waals surface area contributed by atoms with Crippen molar-refractivity contribution >= 4 is 17.2 Å². The summed E-state index contributed by atoms with van der Waals surface area (Å²) in [5, 5.41) is 3.34. The van der Waals surface area contributed by atoms with Crippen molar-refractivity contribution in [3.63, 3.8) is 0 Å². The lowest BCUT2D eigenvalue weighted by atomic mass is 10.1. The summed E-state index contributed by atoms with van der Waals surface area (Å²) in [6.07, 6.45) is 1.30. The van der Waals surface area contributed by atoms with Gasteiger partial charge in [-0.15, -0.1) is 11.3 Å². The van der Waals surface area contributed by atoms with Gasteiger partial charge in [-0.05, 0) is 45.0 Å². The van der Waals surface area contributed by atoms with Gasteiger partial charge in [0, 0.05) is 22.8 Å². The van der Waals surface area contributed by atoms with Gasteiger partial charge in [0.05, 0.1) is 6.54 Å². The first-order chi connectivity index (χ1) is 9.13. The monoisotopic (exact) mass is 279 g/mol. The minimum Gasteiger partial charge on any atom is -0.321 e. The van der Waals surface area contributed by atoms with Crippen molar-refractivity contribution in [3.05, 3.63) is 21.9 Å². The molecule has 104 valence electrons. The molecule has 1 aromatic heterocycles. The first-order valence-corrected chi connectivity index (χ1v) is 7.73. The van der Waals surface area contributed by atoms with Gasteiger partial charge in [-0.3, -0.25) is 10.1 Å². The molecule has 0 aromatic carbocycles. The zero-order chi connectivity index (χ0) is 13.4. The maximum absolute atomic E-state index is 12.1. The summed E-state index contributed by atoms with van der Waals surface area (Å²) >= 11 is 1.78. The van der Waals surface area contributed by atoms with E-state index >= 15 is 0 Å². The molecule has 2 aliphatic heterocycles. The fourth-order valence-corrected chi connectivity index (χ4v) is 4.02. The van der Waals surface area contributed by atoms with Crippen molar-refractivity contribution in [2.75, 3.05) is 33.2 Å². The second-order valence-corrected chi connectivity index (χ2v) is 7.01. The Hall–Kier alpha value is -0.910. The van der Waals surface area contributed by atoms with E-state index in [1.165, 1.54) is 16.2 Å². The molecule has 2 atom stereocenters. The second-order valence-electron chi connectivity index (χ2n) is 5.69. The number of amides is 1. The van der Waals surface area contributed by atoms with Crippen molar-refractivity contribution in [2.45, 2.75) is 19.5 Å². The minimum absolute atomic E-state index is 0.0945. The van der Waals surface area contributed by atoms with Gasteiger partial charge >= 0.3 is 0 Å². The van der Waals surface area contributed by atoms with Gasteiger partial charge in [0.1, 0.15) is 6.17 Å². The number of rotatable bonds is 3. The van der Waals surface area contributed by atoms with Crippen LogP contribution in [0.4, 0.5) is 0 Å². The Bertz CT molecular complexity index is 473. The van der Waals surface area contributed by atoms with E-state index in [2.05, 4.69) is 36.3 Å². The van der Waals surface area contributed by atoms with Crippen LogP contribution in [0.1, 0.15) is 22.3 Å². The summed E-state index contributed by atoms with van der Waals surface area (Å²) in [5.74, 6) is 0.864. The standard InChI is InChI=1S/C14H21N3OS/c1-10-3-4-12(19-10)14-15-7-13(18)17(14)9-11-5-6-16(2)8-11/h3-4,11,14-15H,5-9H2,1-2H3. The summed E-state index contributed by atoms with van der Waals surface area (Å²) < 4.78 is 0. The highest BCUT2D eigenvalue weighted by atomic mass is 32.1. The number of hydrogen-bond acceptors (Lipinski definition) is 4. The van der Waals surface area contributed by atoms with E-state index in [-0.39, 0.29) is 12.1 Å². The molecule has 2 unspecified atom stereocenters. The molecule has 2 saturated heterocycles. The Balaban J connectivity index is 1.72. The van der Waals surface area contributed by atoms with E-state index in [9.17, 15) is 4.79 Å². The maximum atomic E-state index is 12.1. The van der Waals surface area contributed by atoms with E-state index in [0.29, 0.717) is 12.5 Å². The predicted octanol–water partition coefficient (Wildman–Crippen LogP) is 1.44. The average molecular weight is 279 g/mol. The van der Waals surface area contributed by atoms with Crippen LogP contribution in [0.3, 0.4) is 0 Å². The van der Waals surface area contributed by atoms with E-state index < -0.39 is 0 Å². The molecule has 1 N–H and O–H groups in total. The molecule has 0 aliphatic carbocycles.